The molecule has 0 radical (unpaired) electrons. The second-order valence-corrected chi connectivity index (χ2v) is 4.66. The molecule has 0 amide bonds. The molecule has 0 fully saturated rings. The second kappa shape index (κ2) is 5.80. The Morgan fingerprint density at radius 3 is 2.63 bits per heavy atom. The van der Waals surface area contributed by atoms with Crippen molar-refractivity contribution in [1.29, 1.82) is 0 Å². The van der Waals surface area contributed by atoms with E-state index in [0.717, 1.165) is 11.1 Å². The molecule has 98 valence electrons. The molecule has 2 rings (SSSR count). The molecule has 2 aromatic rings. The van der Waals surface area contributed by atoms with Crippen molar-refractivity contribution in [2.24, 2.45) is 5.73 Å². The van der Waals surface area contributed by atoms with Gasteiger partial charge in [0, 0.05) is 11.6 Å². The van der Waals surface area contributed by atoms with E-state index in [9.17, 15) is 4.39 Å². The molecule has 0 saturated heterocycles. The highest BCUT2D eigenvalue weighted by Crippen LogP contribution is 2.18. The predicted molar refractivity (Wildman–Crippen MR) is 77.8 cm³/mol. The summed E-state index contributed by atoms with van der Waals surface area (Å²) in [4.78, 5) is 0.0444. The second-order valence-electron chi connectivity index (χ2n) is 4.22. The van der Waals surface area contributed by atoms with Crippen LogP contribution in [0.15, 0.2) is 42.5 Å². The van der Waals surface area contributed by atoms with Crippen LogP contribution in [0.2, 0.25) is 0 Å². The number of nitrogens with two attached hydrogens (primary N) is 1. The van der Waals surface area contributed by atoms with Gasteiger partial charge in [0.25, 0.3) is 0 Å². The van der Waals surface area contributed by atoms with Gasteiger partial charge in [-0.3, -0.25) is 0 Å². The van der Waals surface area contributed by atoms with Crippen molar-refractivity contribution in [2.75, 3.05) is 0 Å². The van der Waals surface area contributed by atoms with E-state index in [2.05, 4.69) is 0 Å². The fraction of sp³-hybridized carbons (Fsp3) is 0.133. The molecule has 0 aliphatic heterocycles. The topological polar surface area (TPSA) is 35.2 Å². The Morgan fingerprint density at radius 1 is 1.26 bits per heavy atom. The van der Waals surface area contributed by atoms with Gasteiger partial charge in [-0.2, -0.15) is 0 Å². The van der Waals surface area contributed by atoms with Crippen LogP contribution in [0.1, 0.15) is 16.7 Å². The van der Waals surface area contributed by atoms with Crippen molar-refractivity contribution in [1.82, 2.24) is 0 Å². The smallest absolute Gasteiger partial charge is 0.137 e. The highest BCUT2D eigenvalue weighted by atomic mass is 32.1. The summed E-state index contributed by atoms with van der Waals surface area (Å²) in [6.45, 7) is 2.41. The summed E-state index contributed by atoms with van der Waals surface area (Å²) in [6, 6.07) is 12.4. The molecule has 0 bridgehead atoms. The Hall–Kier alpha value is -1.94. The molecule has 4 heteroatoms. The number of hydrogen-bond donors (Lipinski definition) is 1. The van der Waals surface area contributed by atoms with Gasteiger partial charge in [0.2, 0.25) is 0 Å². The highest BCUT2D eigenvalue weighted by Gasteiger charge is 2.07. The molecule has 0 atom stereocenters. The van der Waals surface area contributed by atoms with Crippen LogP contribution in [0, 0.1) is 12.7 Å². The van der Waals surface area contributed by atoms with Crippen LogP contribution in [0.4, 0.5) is 4.39 Å². The SMILES string of the molecule is Cc1ccccc1COc1ccc(C(N)=S)c(F)c1. The molecule has 0 aromatic heterocycles. The number of halogens is 1. The number of aryl methyl sites for hydroxylation is 1. The lowest BCUT2D eigenvalue weighted by Gasteiger charge is -2.09. The van der Waals surface area contributed by atoms with Gasteiger partial charge < -0.3 is 10.5 Å². The van der Waals surface area contributed by atoms with Crippen LogP contribution in [0.5, 0.6) is 5.75 Å². The van der Waals surface area contributed by atoms with Crippen LogP contribution in [-0.4, -0.2) is 4.99 Å². The molecule has 0 saturated carbocycles. The maximum absolute atomic E-state index is 13.7. The summed E-state index contributed by atoms with van der Waals surface area (Å²) < 4.78 is 19.2. The Bertz CT molecular complexity index is 613. The van der Waals surface area contributed by atoms with E-state index in [1.807, 2.05) is 31.2 Å². The fourth-order valence-corrected chi connectivity index (χ4v) is 1.88. The molecular formula is C15H14FNOS. The number of rotatable bonds is 4. The van der Waals surface area contributed by atoms with Gasteiger partial charge in [-0.05, 0) is 30.2 Å². The van der Waals surface area contributed by atoms with Crippen LogP contribution < -0.4 is 10.5 Å². The number of thiocarbonyl (C=S) groups is 1. The highest BCUT2D eigenvalue weighted by molar-refractivity contribution is 7.80. The van der Waals surface area contributed by atoms with Crippen molar-refractivity contribution in [2.45, 2.75) is 13.5 Å². The summed E-state index contributed by atoms with van der Waals surface area (Å²) >= 11 is 4.75. The number of benzene rings is 2. The molecule has 19 heavy (non-hydrogen) atoms. The average Bonchev–Trinajstić information content (AvgIpc) is 2.37. The van der Waals surface area contributed by atoms with Gasteiger partial charge in [0.1, 0.15) is 23.2 Å². The lowest BCUT2D eigenvalue weighted by Crippen LogP contribution is -2.11. The quantitative estimate of drug-likeness (QED) is 0.869. The monoisotopic (exact) mass is 275 g/mol. The molecule has 0 heterocycles. The van der Waals surface area contributed by atoms with Crippen LogP contribution in [-0.2, 0) is 6.61 Å². The fourth-order valence-electron chi connectivity index (χ4n) is 1.72. The third-order valence-electron chi connectivity index (χ3n) is 2.86. The van der Waals surface area contributed by atoms with Gasteiger partial charge in [-0.25, -0.2) is 4.39 Å². The van der Waals surface area contributed by atoms with E-state index in [4.69, 9.17) is 22.7 Å². The van der Waals surface area contributed by atoms with Gasteiger partial charge in [0.05, 0.1) is 0 Å². The molecule has 0 aliphatic carbocycles. The zero-order chi connectivity index (χ0) is 13.8. The third-order valence-corrected chi connectivity index (χ3v) is 3.08. The zero-order valence-corrected chi connectivity index (χ0v) is 11.3. The largest absolute Gasteiger partial charge is 0.489 e. The van der Waals surface area contributed by atoms with Gasteiger partial charge in [-0.15, -0.1) is 0 Å². The normalized spacial score (nSPS) is 10.2. The zero-order valence-electron chi connectivity index (χ0n) is 10.5. The Morgan fingerprint density at radius 2 is 2.00 bits per heavy atom. The summed E-state index contributed by atoms with van der Waals surface area (Å²) in [6.07, 6.45) is 0. The van der Waals surface area contributed by atoms with E-state index in [1.165, 1.54) is 12.1 Å². The Labute approximate surface area is 117 Å². The maximum atomic E-state index is 13.7. The summed E-state index contributed by atoms with van der Waals surface area (Å²) in [5.74, 6) is -0.00413. The molecule has 0 unspecified atom stereocenters. The van der Waals surface area contributed by atoms with Gasteiger partial charge in [0.15, 0.2) is 0 Å². The van der Waals surface area contributed by atoms with Crippen molar-refractivity contribution >= 4 is 17.2 Å². The van der Waals surface area contributed by atoms with E-state index in [0.29, 0.717) is 12.4 Å². The molecule has 2 N–H and O–H groups in total. The molecule has 2 nitrogen and oxygen atoms in total. The van der Waals surface area contributed by atoms with Crippen LogP contribution in [0.25, 0.3) is 0 Å². The minimum Gasteiger partial charge on any atom is -0.489 e. The van der Waals surface area contributed by atoms with Gasteiger partial charge in [-0.1, -0.05) is 36.5 Å². The maximum Gasteiger partial charge on any atom is 0.137 e. The molecule has 0 aliphatic rings. The van der Waals surface area contributed by atoms with E-state index in [-0.39, 0.29) is 10.6 Å². The Kier molecular flexibility index (Phi) is 4.12. The number of ether oxygens (including phenoxy) is 1. The predicted octanol–water partition coefficient (Wildman–Crippen LogP) is 3.35. The van der Waals surface area contributed by atoms with Crippen LogP contribution in [0.3, 0.4) is 0 Å². The Balaban J connectivity index is 2.11. The minimum atomic E-state index is -0.463. The lowest BCUT2D eigenvalue weighted by atomic mass is 10.1. The molecular weight excluding hydrogens is 261 g/mol. The van der Waals surface area contributed by atoms with Gasteiger partial charge >= 0.3 is 0 Å². The summed E-state index contributed by atoms with van der Waals surface area (Å²) in [5, 5.41) is 0. The summed E-state index contributed by atoms with van der Waals surface area (Å²) in [5.41, 5.74) is 7.85. The first kappa shape index (κ1) is 13.5. The van der Waals surface area contributed by atoms with Crippen molar-refractivity contribution < 1.29 is 9.13 Å². The first-order valence-corrected chi connectivity index (χ1v) is 6.25. The third kappa shape index (κ3) is 3.29. The number of hydrogen-bond acceptors (Lipinski definition) is 2. The van der Waals surface area contributed by atoms with E-state index in [1.54, 1.807) is 6.07 Å². The van der Waals surface area contributed by atoms with E-state index >= 15 is 0 Å². The minimum absolute atomic E-state index is 0.0444. The average molecular weight is 275 g/mol. The summed E-state index contributed by atoms with van der Waals surface area (Å²) in [7, 11) is 0. The van der Waals surface area contributed by atoms with Crippen molar-refractivity contribution in [3.8, 4) is 5.75 Å². The molecule has 2 aromatic carbocycles. The first-order chi connectivity index (χ1) is 9.08. The van der Waals surface area contributed by atoms with Crippen LogP contribution >= 0.6 is 12.2 Å². The lowest BCUT2D eigenvalue weighted by molar-refractivity contribution is 0.304. The van der Waals surface area contributed by atoms with Crippen molar-refractivity contribution in [3.63, 3.8) is 0 Å². The standard InChI is InChI=1S/C15H14FNOS/c1-10-4-2-3-5-11(10)9-18-12-6-7-13(15(17)19)14(16)8-12/h2-8H,9H2,1H3,(H2,17,19). The first-order valence-electron chi connectivity index (χ1n) is 5.84. The molecule has 0 spiro atoms. The van der Waals surface area contributed by atoms with E-state index < -0.39 is 5.82 Å². The van der Waals surface area contributed by atoms with Crippen molar-refractivity contribution in [3.05, 3.63) is 65.0 Å².